The SMILES string of the molecule is N#Cc1c(-c2cccs2)cc(=O)[nH]c1SCc1cccc(C(=O)O)c1. The third kappa shape index (κ3) is 3.82. The number of rotatable bonds is 5. The molecular formula is C18H12N2O3S2. The number of thiophene rings is 1. The van der Waals surface area contributed by atoms with Crippen molar-refractivity contribution in [1.82, 2.24) is 4.98 Å². The summed E-state index contributed by atoms with van der Waals surface area (Å²) >= 11 is 2.77. The average molecular weight is 368 g/mol. The predicted molar refractivity (Wildman–Crippen MR) is 98.1 cm³/mol. The predicted octanol–water partition coefficient (Wildman–Crippen LogP) is 3.97. The van der Waals surface area contributed by atoms with Crippen LogP contribution in [0.1, 0.15) is 21.5 Å². The minimum atomic E-state index is -0.988. The van der Waals surface area contributed by atoms with Gasteiger partial charge in [0.25, 0.3) is 0 Å². The summed E-state index contributed by atoms with van der Waals surface area (Å²) in [6.07, 6.45) is 0. The summed E-state index contributed by atoms with van der Waals surface area (Å²) in [6.45, 7) is 0. The highest BCUT2D eigenvalue weighted by molar-refractivity contribution is 7.98. The van der Waals surface area contributed by atoms with E-state index in [4.69, 9.17) is 5.11 Å². The van der Waals surface area contributed by atoms with Crippen LogP contribution >= 0.6 is 23.1 Å². The molecular weight excluding hydrogens is 356 g/mol. The maximum atomic E-state index is 12.0. The van der Waals surface area contributed by atoms with Crippen molar-refractivity contribution in [3.63, 3.8) is 0 Å². The van der Waals surface area contributed by atoms with E-state index in [-0.39, 0.29) is 11.1 Å². The first-order valence-corrected chi connectivity index (χ1v) is 9.11. The minimum Gasteiger partial charge on any atom is -0.478 e. The minimum absolute atomic E-state index is 0.208. The van der Waals surface area contributed by atoms with Crippen LogP contribution < -0.4 is 5.56 Å². The van der Waals surface area contributed by atoms with Crippen LogP contribution in [0.25, 0.3) is 10.4 Å². The molecule has 0 saturated carbocycles. The van der Waals surface area contributed by atoms with Crippen LogP contribution in [-0.2, 0) is 5.75 Å². The summed E-state index contributed by atoms with van der Waals surface area (Å²) in [7, 11) is 0. The van der Waals surface area contributed by atoms with Crippen molar-refractivity contribution in [1.29, 1.82) is 5.26 Å². The second-order valence-corrected chi connectivity index (χ2v) is 7.07. The summed E-state index contributed by atoms with van der Waals surface area (Å²) in [5.74, 6) is -0.544. The van der Waals surface area contributed by atoms with Crippen LogP contribution in [0, 0.1) is 11.3 Å². The topological polar surface area (TPSA) is 94.0 Å². The average Bonchev–Trinajstić information content (AvgIpc) is 3.14. The standard InChI is InChI=1S/C18H12N2O3S2/c19-9-14-13(15-5-2-6-24-15)8-16(21)20-17(14)25-10-11-3-1-4-12(7-11)18(22)23/h1-8H,10H2,(H,20,21)(H,22,23). The third-order valence-corrected chi connectivity index (χ3v) is 5.44. The molecule has 0 aliphatic heterocycles. The molecule has 1 aromatic carbocycles. The quantitative estimate of drug-likeness (QED) is 0.665. The Morgan fingerprint density at radius 1 is 1.28 bits per heavy atom. The van der Waals surface area contributed by atoms with Gasteiger partial charge in [0, 0.05) is 22.3 Å². The Hall–Kier alpha value is -2.82. The molecule has 0 spiro atoms. The van der Waals surface area contributed by atoms with E-state index in [1.54, 1.807) is 12.1 Å². The molecule has 5 nitrogen and oxygen atoms in total. The van der Waals surface area contributed by atoms with Crippen LogP contribution in [0.5, 0.6) is 0 Å². The van der Waals surface area contributed by atoms with E-state index in [1.165, 1.54) is 35.2 Å². The van der Waals surface area contributed by atoms with Crippen molar-refractivity contribution in [2.75, 3.05) is 0 Å². The van der Waals surface area contributed by atoms with Crippen molar-refractivity contribution in [3.8, 4) is 16.5 Å². The van der Waals surface area contributed by atoms with Crippen molar-refractivity contribution >= 4 is 29.1 Å². The number of hydrogen-bond acceptors (Lipinski definition) is 5. The number of carboxylic acids is 1. The molecule has 0 bridgehead atoms. The number of nitriles is 1. The van der Waals surface area contributed by atoms with E-state index >= 15 is 0 Å². The lowest BCUT2D eigenvalue weighted by Gasteiger charge is -2.08. The number of nitrogens with one attached hydrogen (secondary N) is 1. The number of carbonyl (C=O) groups is 1. The number of H-pyrrole nitrogens is 1. The van der Waals surface area contributed by atoms with Crippen LogP contribution in [0.3, 0.4) is 0 Å². The molecule has 0 saturated heterocycles. The van der Waals surface area contributed by atoms with E-state index < -0.39 is 5.97 Å². The molecule has 2 aromatic heterocycles. The number of aromatic amines is 1. The van der Waals surface area contributed by atoms with Gasteiger partial charge in [-0.3, -0.25) is 4.79 Å². The van der Waals surface area contributed by atoms with Gasteiger partial charge < -0.3 is 10.1 Å². The fraction of sp³-hybridized carbons (Fsp3) is 0.0556. The molecule has 0 amide bonds. The van der Waals surface area contributed by atoms with E-state index in [1.807, 2.05) is 23.6 Å². The van der Waals surface area contributed by atoms with Gasteiger partial charge in [-0.15, -0.1) is 23.1 Å². The molecule has 0 radical (unpaired) electrons. The first-order valence-electron chi connectivity index (χ1n) is 7.25. The molecule has 25 heavy (non-hydrogen) atoms. The number of hydrogen-bond donors (Lipinski definition) is 2. The number of nitrogens with zero attached hydrogens (tertiary/aromatic N) is 1. The van der Waals surface area contributed by atoms with Gasteiger partial charge in [-0.2, -0.15) is 5.26 Å². The van der Waals surface area contributed by atoms with Crippen LogP contribution in [0.2, 0.25) is 0 Å². The summed E-state index contributed by atoms with van der Waals surface area (Å²) < 4.78 is 0. The van der Waals surface area contributed by atoms with Crippen molar-refractivity contribution in [2.45, 2.75) is 10.8 Å². The second kappa shape index (κ2) is 7.38. The van der Waals surface area contributed by atoms with E-state index in [9.17, 15) is 14.9 Å². The maximum Gasteiger partial charge on any atom is 0.335 e. The summed E-state index contributed by atoms with van der Waals surface area (Å²) in [5.41, 5.74) is 1.77. The van der Waals surface area contributed by atoms with Crippen LogP contribution in [0.15, 0.2) is 57.7 Å². The molecule has 124 valence electrons. The summed E-state index contributed by atoms with van der Waals surface area (Å²) in [5, 5.41) is 21.0. The maximum absolute atomic E-state index is 12.0. The smallest absolute Gasteiger partial charge is 0.335 e. The fourth-order valence-corrected chi connectivity index (χ4v) is 4.04. The zero-order chi connectivity index (χ0) is 17.8. The molecule has 2 heterocycles. The number of benzene rings is 1. The van der Waals surface area contributed by atoms with Crippen molar-refractivity contribution in [2.24, 2.45) is 0 Å². The largest absolute Gasteiger partial charge is 0.478 e. The number of pyridine rings is 1. The van der Waals surface area contributed by atoms with Gasteiger partial charge >= 0.3 is 5.97 Å². The van der Waals surface area contributed by atoms with E-state index in [0.29, 0.717) is 21.9 Å². The first kappa shape index (κ1) is 17.0. The molecule has 3 rings (SSSR count). The van der Waals surface area contributed by atoms with Gasteiger partial charge in [0.15, 0.2) is 0 Å². The fourth-order valence-electron chi connectivity index (χ4n) is 2.33. The Labute approximate surface area is 151 Å². The highest BCUT2D eigenvalue weighted by Crippen LogP contribution is 2.32. The molecule has 2 N–H and O–H groups in total. The number of aromatic nitrogens is 1. The highest BCUT2D eigenvalue weighted by atomic mass is 32.2. The zero-order valence-corrected chi connectivity index (χ0v) is 14.5. The number of carboxylic acid groups (broad SMARTS) is 1. The molecule has 0 unspecified atom stereocenters. The Kier molecular flexibility index (Phi) is 5.03. The Bertz CT molecular complexity index is 1020. The highest BCUT2D eigenvalue weighted by Gasteiger charge is 2.14. The van der Waals surface area contributed by atoms with Gasteiger partial charge in [-0.25, -0.2) is 4.79 Å². The molecule has 0 aliphatic carbocycles. The van der Waals surface area contributed by atoms with E-state index in [2.05, 4.69) is 11.1 Å². The monoisotopic (exact) mass is 368 g/mol. The van der Waals surface area contributed by atoms with Gasteiger partial charge in [-0.05, 0) is 29.1 Å². The van der Waals surface area contributed by atoms with Crippen molar-refractivity contribution in [3.05, 3.63) is 74.9 Å². The summed E-state index contributed by atoms with van der Waals surface area (Å²) in [4.78, 5) is 26.6. The lowest BCUT2D eigenvalue weighted by atomic mass is 10.1. The van der Waals surface area contributed by atoms with Gasteiger partial charge in [0.1, 0.15) is 6.07 Å². The lowest BCUT2D eigenvalue weighted by Crippen LogP contribution is -2.08. The molecule has 0 atom stereocenters. The van der Waals surface area contributed by atoms with Crippen molar-refractivity contribution < 1.29 is 9.90 Å². The Morgan fingerprint density at radius 2 is 2.12 bits per heavy atom. The van der Waals surface area contributed by atoms with Gasteiger partial charge in [-0.1, -0.05) is 18.2 Å². The van der Waals surface area contributed by atoms with Crippen LogP contribution in [0.4, 0.5) is 0 Å². The van der Waals surface area contributed by atoms with Gasteiger partial charge in [0.05, 0.1) is 16.2 Å². The van der Waals surface area contributed by atoms with Crippen LogP contribution in [-0.4, -0.2) is 16.1 Å². The molecule has 0 aliphatic rings. The number of thioether (sulfide) groups is 1. The molecule has 7 heteroatoms. The molecule has 0 fully saturated rings. The second-order valence-electron chi connectivity index (χ2n) is 5.13. The molecule has 3 aromatic rings. The normalized spacial score (nSPS) is 10.4. The Morgan fingerprint density at radius 3 is 2.80 bits per heavy atom. The summed E-state index contributed by atoms with van der Waals surface area (Å²) in [6, 6.07) is 13.9. The Balaban J connectivity index is 1.93. The third-order valence-electron chi connectivity index (χ3n) is 3.46. The van der Waals surface area contributed by atoms with Gasteiger partial charge in [0.2, 0.25) is 5.56 Å². The first-order chi connectivity index (χ1) is 12.1. The van der Waals surface area contributed by atoms with E-state index in [0.717, 1.165) is 10.4 Å². The zero-order valence-electron chi connectivity index (χ0n) is 12.9. The lowest BCUT2D eigenvalue weighted by molar-refractivity contribution is 0.0697. The number of aromatic carboxylic acids is 1.